The second-order valence-electron chi connectivity index (χ2n) is 0.712. The minimum Gasteiger partial charge on any atom is -0.329 e. The van der Waals surface area contributed by atoms with Gasteiger partial charge in [0.25, 0.3) is 0 Å². The first-order chi connectivity index (χ1) is 2.56. The summed E-state index contributed by atoms with van der Waals surface area (Å²) in [6, 6.07) is 0. The van der Waals surface area contributed by atoms with Gasteiger partial charge in [0.05, 0.1) is 0 Å². The van der Waals surface area contributed by atoms with Crippen molar-refractivity contribution in [2.24, 2.45) is 0 Å². The van der Waals surface area contributed by atoms with E-state index in [4.69, 9.17) is 4.55 Å². The molecule has 0 bridgehead atoms. The van der Waals surface area contributed by atoms with Crippen LogP contribution in [0.4, 0.5) is 0 Å². The largest absolute Gasteiger partial charge is 0.401 e. The lowest BCUT2D eigenvalue weighted by Crippen LogP contribution is -1.86. The number of hydrogen-bond donors (Lipinski definition) is 0. The SMILES string of the molecule is C=CS(=O)(=O)[OH2+]. The number of hydrogen-bond acceptors (Lipinski definition) is 2. The van der Waals surface area contributed by atoms with Gasteiger partial charge in [-0.2, -0.15) is 0 Å². The highest BCUT2D eigenvalue weighted by Crippen LogP contribution is 1.75. The Morgan fingerprint density at radius 3 is 1.83 bits per heavy atom. The lowest BCUT2D eigenvalue weighted by molar-refractivity contribution is 0.494. The van der Waals surface area contributed by atoms with Crippen LogP contribution in [0.2, 0.25) is 0 Å². The molecule has 0 unspecified atom stereocenters. The van der Waals surface area contributed by atoms with Gasteiger partial charge in [0.15, 0.2) is 0 Å². The molecule has 4 heteroatoms. The van der Waals surface area contributed by atoms with Gasteiger partial charge < -0.3 is 4.55 Å². The van der Waals surface area contributed by atoms with Crippen LogP contribution in [-0.4, -0.2) is 13.0 Å². The summed E-state index contributed by atoms with van der Waals surface area (Å²) >= 11 is 0. The molecule has 0 aliphatic rings. The molecule has 0 amide bonds. The molecular weight excluding hydrogens is 104 g/mol. The topological polar surface area (TPSA) is 57.0 Å². The maximum absolute atomic E-state index is 9.55. The first-order valence-corrected chi connectivity index (χ1v) is 2.73. The van der Waals surface area contributed by atoms with Crippen LogP contribution in [0, 0.1) is 0 Å². The van der Waals surface area contributed by atoms with Crippen LogP contribution >= 0.6 is 0 Å². The number of rotatable bonds is 1. The molecule has 6 heavy (non-hydrogen) atoms. The fraction of sp³-hybridized carbons (Fsp3) is 0. The zero-order valence-electron chi connectivity index (χ0n) is 3.01. The molecule has 0 aromatic heterocycles. The van der Waals surface area contributed by atoms with Crippen molar-refractivity contribution in [2.75, 3.05) is 0 Å². The predicted octanol–water partition coefficient (Wildman–Crippen LogP) is -0.816. The Kier molecular flexibility index (Phi) is 1.32. The second kappa shape index (κ2) is 1.40. The van der Waals surface area contributed by atoms with Crippen molar-refractivity contribution >= 4 is 10.1 Å². The summed E-state index contributed by atoms with van der Waals surface area (Å²) in [4.78, 5) is 0. The second-order valence-corrected chi connectivity index (χ2v) is 2.14. The van der Waals surface area contributed by atoms with Crippen molar-refractivity contribution in [1.29, 1.82) is 0 Å². The van der Waals surface area contributed by atoms with Gasteiger partial charge in [-0.3, -0.25) is 0 Å². The normalized spacial score (nSPS) is 10.8. The van der Waals surface area contributed by atoms with E-state index in [0.29, 0.717) is 5.41 Å². The average molecular weight is 109 g/mol. The van der Waals surface area contributed by atoms with Crippen LogP contribution in [0.25, 0.3) is 0 Å². The zero-order chi connectivity index (χ0) is 5.21. The first kappa shape index (κ1) is 5.65. The van der Waals surface area contributed by atoms with E-state index < -0.39 is 10.1 Å². The van der Waals surface area contributed by atoms with Gasteiger partial charge in [0.2, 0.25) is 0 Å². The first-order valence-electron chi connectivity index (χ1n) is 1.18. The van der Waals surface area contributed by atoms with E-state index >= 15 is 0 Å². The molecule has 0 aromatic carbocycles. The van der Waals surface area contributed by atoms with Gasteiger partial charge in [-0.25, -0.2) is 0 Å². The van der Waals surface area contributed by atoms with Gasteiger partial charge >= 0.3 is 10.1 Å². The molecule has 0 saturated carbocycles. The molecular formula is C2H5O3S+. The Bertz CT molecular complexity index is 119. The lowest BCUT2D eigenvalue weighted by Gasteiger charge is -1.68. The van der Waals surface area contributed by atoms with E-state index in [2.05, 4.69) is 6.58 Å². The molecule has 0 rings (SSSR count). The van der Waals surface area contributed by atoms with E-state index in [1.54, 1.807) is 0 Å². The molecule has 0 saturated heterocycles. The Labute approximate surface area is 36.0 Å². The van der Waals surface area contributed by atoms with Crippen LogP contribution in [0.1, 0.15) is 0 Å². The van der Waals surface area contributed by atoms with Crippen molar-refractivity contribution < 1.29 is 13.0 Å². The van der Waals surface area contributed by atoms with Gasteiger partial charge in [-0.15, -0.1) is 8.42 Å². The smallest absolute Gasteiger partial charge is 0.329 e. The monoisotopic (exact) mass is 109 g/mol. The summed E-state index contributed by atoms with van der Waals surface area (Å²) in [5.74, 6) is 0. The summed E-state index contributed by atoms with van der Waals surface area (Å²) in [6.45, 7) is 2.86. The minimum absolute atomic E-state index is 0.576. The van der Waals surface area contributed by atoms with Crippen molar-refractivity contribution in [3.63, 3.8) is 0 Å². The highest BCUT2D eigenvalue weighted by molar-refractivity contribution is 7.88. The van der Waals surface area contributed by atoms with Crippen molar-refractivity contribution in [2.45, 2.75) is 0 Å². The Balaban J connectivity index is 4.25. The molecule has 0 atom stereocenters. The van der Waals surface area contributed by atoms with E-state index in [9.17, 15) is 8.42 Å². The third kappa shape index (κ3) is 3.65. The maximum atomic E-state index is 9.55. The van der Waals surface area contributed by atoms with E-state index in [1.165, 1.54) is 0 Å². The highest BCUT2D eigenvalue weighted by atomic mass is 32.2. The van der Waals surface area contributed by atoms with Crippen molar-refractivity contribution in [3.8, 4) is 0 Å². The van der Waals surface area contributed by atoms with Crippen molar-refractivity contribution in [1.82, 2.24) is 0 Å². The van der Waals surface area contributed by atoms with Crippen molar-refractivity contribution in [3.05, 3.63) is 12.0 Å². The van der Waals surface area contributed by atoms with Crippen LogP contribution in [0.5, 0.6) is 0 Å². The Hall–Kier alpha value is -0.350. The predicted molar refractivity (Wildman–Crippen MR) is 22.7 cm³/mol. The standard InChI is InChI=1S/C2H4O3S/c1-2-6(3,4)5/h2H,1H2,(H,3,4,5)/p+1. The van der Waals surface area contributed by atoms with Crippen LogP contribution in [0.3, 0.4) is 0 Å². The van der Waals surface area contributed by atoms with E-state index in [1.807, 2.05) is 0 Å². The van der Waals surface area contributed by atoms with E-state index in [0.717, 1.165) is 0 Å². The molecule has 2 N–H and O–H groups in total. The molecule has 0 aliphatic carbocycles. The molecule has 36 valence electrons. The molecule has 0 spiro atoms. The summed E-state index contributed by atoms with van der Waals surface area (Å²) in [6.07, 6.45) is 0. The third-order valence-corrected chi connectivity index (χ3v) is 0.658. The highest BCUT2D eigenvalue weighted by Gasteiger charge is 1.95. The molecule has 0 heterocycles. The third-order valence-electron chi connectivity index (χ3n) is 0.219. The summed E-state index contributed by atoms with van der Waals surface area (Å²) < 4.78 is 25.1. The molecule has 0 fully saturated rings. The lowest BCUT2D eigenvalue weighted by atomic mass is 11.3. The maximum Gasteiger partial charge on any atom is 0.401 e. The molecule has 3 nitrogen and oxygen atoms in total. The Morgan fingerprint density at radius 2 is 1.83 bits per heavy atom. The Morgan fingerprint density at radius 1 is 1.67 bits per heavy atom. The summed E-state index contributed by atoms with van der Waals surface area (Å²) in [7, 11) is -3.65. The minimum atomic E-state index is -3.65. The average Bonchev–Trinajstić information content (AvgIpc) is 1.35. The summed E-state index contributed by atoms with van der Waals surface area (Å²) in [5.41, 5.74) is 0. The fourth-order valence-corrected chi connectivity index (χ4v) is 0. The fourth-order valence-electron chi connectivity index (χ4n) is 0. The molecule has 0 radical (unpaired) electrons. The van der Waals surface area contributed by atoms with Gasteiger partial charge in [0.1, 0.15) is 5.41 Å². The van der Waals surface area contributed by atoms with Gasteiger partial charge in [0, 0.05) is 0 Å². The quantitative estimate of drug-likeness (QED) is 0.413. The van der Waals surface area contributed by atoms with E-state index in [-0.39, 0.29) is 0 Å². The van der Waals surface area contributed by atoms with Gasteiger partial charge in [-0.1, -0.05) is 6.58 Å². The molecule has 0 aromatic rings. The van der Waals surface area contributed by atoms with Gasteiger partial charge in [-0.05, 0) is 0 Å². The van der Waals surface area contributed by atoms with Crippen LogP contribution in [0.15, 0.2) is 12.0 Å². The zero-order valence-corrected chi connectivity index (χ0v) is 3.83. The van der Waals surface area contributed by atoms with Crippen LogP contribution in [-0.2, 0) is 10.1 Å². The summed E-state index contributed by atoms with van der Waals surface area (Å²) in [5, 5.41) is 0.576. The molecule has 0 aliphatic heterocycles. The van der Waals surface area contributed by atoms with Crippen LogP contribution < -0.4 is 0 Å².